The third-order valence-corrected chi connectivity index (χ3v) is 6.67. The number of nitrogens with zero attached hydrogens (tertiary/aromatic N) is 2. The smallest absolute Gasteiger partial charge is 0.249 e. The molecule has 0 atom stereocenters. The van der Waals surface area contributed by atoms with Gasteiger partial charge in [-0.15, -0.1) is 0 Å². The summed E-state index contributed by atoms with van der Waals surface area (Å²) in [5.74, 6) is 0.0852. The molecule has 1 aromatic rings. The van der Waals surface area contributed by atoms with Gasteiger partial charge in [0.05, 0.1) is 0 Å². The van der Waals surface area contributed by atoms with Crippen molar-refractivity contribution in [2.24, 2.45) is 0 Å². The van der Waals surface area contributed by atoms with Gasteiger partial charge in [-0.25, -0.2) is 12.7 Å². The largest absolute Gasteiger partial charge is 0.382 e. The number of nitrogens with one attached hydrogen (secondary N) is 1. The van der Waals surface area contributed by atoms with Crippen molar-refractivity contribution in [3.63, 3.8) is 0 Å². The first-order valence-corrected chi connectivity index (χ1v) is 9.58. The van der Waals surface area contributed by atoms with Crippen LogP contribution in [0.1, 0.15) is 44.9 Å². The third-order valence-electron chi connectivity index (χ3n) is 3.85. The molecule has 0 amide bonds. The Bertz CT molecular complexity index is 561. The molecule has 0 saturated heterocycles. The van der Waals surface area contributed by atoms with E-state index in [4.69, 9.17) is 5.73 Å². The number of aromatic nitrogens is 1. The number of nitrogen functional groups attached to an aromatic ring is 1. The van der Waals surface area contributed by atoms with Crippen LogP contribution in [0, 0.1) is 0 Å². The van der Waals surface area contributed by atoms with Crippen LogP contribution in [0.4, 0.5) is 10.8 Å². The Morgan fingerprint density at radius 3 is 2.33 bits per heavy atom. The van der Waals surface area contributed by atoms with Gasteiger partial charge in [-0.2, -0.15) is 4.37 Å². The lowest BCUT2D eigenvalue weighted by atomic mass is 9.97. The summed E-state index contributed by atoms with van der Waals surface area (Å²) >= 11 is 1.13. The highest BCUT2D eigenvalue weighted by Gasteiger charge is 2.28. The van der Waals surface area contributed by atoms with Crippen molar-refractivity contribution >= 4 is 32.4 Å². The lowest BCUT2D eigenvalue weighted by Crippen LogP contribution is -2.25. The van der Waals surface area contributed by atoms with Gasteiger partial charge in [0.15, 0.2) is 10.7 Å². The molecule has 0 aliphatic heterocycles. The summed E-state index contributed by atoms with van der Waals surface area (Å²) in [5.41, 5.74) is 5.78. The number of sulfonamides is 1. The van der Waals surface area contributed by atoms with Gasteiger partial charge in [-0.1, -0.05) is 32.1 Å². The van der Waals surface area contributed by atoms with Gasteiger partial charge in [0.1, 0.15) is 5.00 Å². The molecule has 0 unspecified atom stereocenters. The van der Waals surface area contributed by atoms with E-state index in [-0.39, 0.29) is 10.7 Å². The number of hydrogen-bond donors (Lipinski definition) is 2. The molecule has 1 aliphatic carbocycles. The van der Waals surface area contributed by atoms with Crippen molar-refractivity contribution in [2.75, 3.05) is 25.1 Å². The Morgan fingerprint density at radius 1 is 1.19 bits per heavy atom. The Kier molecular flexibility index (Phi) is 5.45. The molecule has 1 heterocycles. The Hall–Kier alpha value is -0.860. The first kappa shape index (κ1) is 16.5. The highest BCUT2D eigenvalue weighted by atomic mass is 32.2. The molecule has 0 aromatic carbocycles. The zero-order valence-corrected chi connectivity index (χ0v) is 14.3. The molecule has 1 fully saturated rings. The normalized spacial score (nSPS) is 18.4. The van der Waals surface area contributed by atoms with Crippen LogP contribution in [0.3, 0.4) is 0 Å². The molecule has 6 nitrogen and oxygen atoms in total. The predicted molar refractivity (Wildman–Crippen MR) is 87.1 cm³/mol. The van der Waals surface area contributed by atoms with Crippen LogP contribution in [-0.4, -0.2) is 37.2 Å². The number of anilines is 2. The summed E-state index contributed by atoms with van der Waals surface area (Å²) in [4.78, 5) is 0.125. The van der Waals surface area contributed by atoms with Crippen molar-refractivity contribution in [3.8, 4) is 0 Å². The van der Waals surface area contributed by atoms with E-state index in [1.165, 1.54) is 50.5 Å². The summed E-state index contributed by atoms with van der Waals surface area (Å²) in [7, 11) is -0.556. The van der Waals surface area contributed by atoms with E-state index in [0.29, 0.717) is 11.0 Å². The van der Waals surface area contributed by atoms with Crippen molar-refractivity contribution in [2.45, 2.75) is 55.9 Å². The van der Waals surface area contributed by atoms with Crippen molar-refractivity contribution in [1.29, 1.82) is 0 Å². The second-order valence-electron chi connectivity index (χ2n) is 5.70. The van der Waals surface area contributed by atoms with Crippen LogP contribution in [0.15, 0.2) is 4.90 Å². The molecule has 2 rings (SSSR count). The summed E-state index contributed by atoms with van der Waals surface area (Å²) in [6, 6.07) is 0.307. The first-order chi connectivity index (χ1) is 9.93. The monoisotopic (exact) mass is 332 g/mol. The summed E-state index contributed by atoms with van der Waals surface area (Å²) < 4.78 is 29.9. The van der Waals surface area contributed by atoms with E-state index >= 15 is 0 Å². The van der Waals surface area contributed by atoms with Gasteiger partial charge in [0, 0.05) is 20.1 Å². The molecule has 8 heteroatoms. The van der Waals surface area contributed by atoms with Crippen LogP contribution < -0.4 is 11.1 Å². The zero-order valence-electron chi connectivity index (χ0n) is 12.6. The Balaban J connectivity index is 2.21. The summed E-state index contributed by atoms with van der Waals surface area (Å²) in [5, 5.41) is 3.94. The molecule has 1 aromatic heterocycles. The maximum Gasteiger partial charge on any atom is 0.249 e. The maximum absolute atomic E-state index is 12.4. The van der Waals surface area contributed by atoms with E-state index in [1.807, 2.05) is 0 Å². The quantitative estimate of drug-likeness (QED) is 0.884. The van der Waals surface area contributed by atoms with Gasteiger partial charge < -0.3 is 11.1 Å². The fraction of sp³-hybridized carbons (Fsp3) is 0.769. The Labute approximate surface area is 130 Å². The molecule has 21 heavy (non-hydrogen) atoms. The summed E-state index contributed by atoms with van der Waals surface area (Å²) in [6.07, 6.45) is 8.32. The minimum absolute atomic E-state index is 0.0852. The molecule has 0 bridgehead atoms. The highest BCUT2D eigenvalue weighted by Crippen LogP contribution is 2.34. The van der Waals surface area contributed by atoms with E-state index < -0.39 is 10.0 Å². The molecule has 3 N–H and O–H groups in total. The standard InChI is InChI=1S/C13H24N4O2S2/c1-17(2)21(18,19)11-12(14)16-20-13(11)15-10-8-6-4-3-5-7-9-10/h10,15H,3-9H2,1-2H3,(H2,14,16). The second-order valence-corrected chi connectivity index (χ2v) is 8.56. The van der Waals surface area contributed by atoms with Gasteiger partial charge >= 0.3 is 0 Å². The van der Waals surface area contributed by atoms with Gasteiger partial charge in [0.2, 0.25) is 10.0 Å². The maximum atomic E-state index is 12.4. The topological polar surface area (TPSA) is 88.3 Å². The molecule has 1 aliphatic rings. The van der Waals surface area contributed by atoms with Crippen LogP contribution in [0.2, 0.25) is 0 Å². The van der Waals surface area contributed by atoms with E-state index in [2.05, 4.69) is 9.69 Å². The SMILES string of the molecule is CN(C)S(=O)(=O)c1c(N)nsc1NC1CCCCCCC1. The third kappa shape index (κ3) is 3.87. The minimum Gasteiger partial charge on any atom is -0.382 e. The van der Waals surface area contributed by atoms with Gasteiger partial charge in [0.25, 0.3) is 0 Å². The molecule has 120 valence electrons. The van der Waals surface area contributed by atoms with Crippen LogP contribution in [0.5, 0.6) is 0 Å². The van der Waals surface area contributed by atoms with Crippen LogP contribution in [0.25, 0.3) is 0 Å². The van der Waals surface area contributed by atoms with E-state index in [0.717, 1.165) is 24.4 Å². The van der Waals surface area contributed by atoms with Crippen LogP contribution in [-0.2, 0) is 10.0 Å². The lowest BCUT2D eigenvalue weighted by molar-refractivity contribution is 0.471. The molecule has 0 radical (unpaired) electrons. The number of rotatable bonds is 4. The second kappa shape index (κ2) is 6.93. The average molecular weight is 332 g/mol. The predicted octanol–water partition coefficient (Wildman–Crippen LogP) is 2.50. The average Bonchev–Trinajstić information content (AvgIpc) is 2.74. The zero-order chi connectivity index (χ0) is 15.5. The molecular weight excluding hydrogens is 308 g/mol. The Morgan fingerprint density at radius 2 is 1.76 bits per heavy atom. The van der Waals surface area contributed by atoms with E-state index in [9.17, 15) is 8.42 Å². The van der Waals surface area contributed by atoms with Crippen molar-refractivity contribution in [3.05, 3.63) is 0 Å². The summed E-state index contributed by atoms with van der Waals surface area (Å²) in [6.45, 7) is 0. The van der Waals surface area contributed by atoms with E-state index in [1.54, 1.807) is 0 Å². The highest BCUT2D eigenvalue weighted by molar-refractivity contribution is 7.89. The molecular formula is C13H24N4O2S2. The first-order valence-electron chi connectivity index (χ1n) is 7.37. The van der Waals surface area contributed by atoms with Gasteiger partial charge in [-0.3, -0.25) is 0 Å². The van der Waals surface area contributed by atoms with Crippen molar-refractivity contribution < 1.29 is 8.42 Å². The fourth-order valence-electron chi connectivity index (χ4n) is 2.60. The fourth-order valence-corrected chi connectivity index (χ4v) is 4.75. The van der Waals surface area contributed by atoms with Crippen molar-refractivity contribution in [1.82, 2.24) is 8.68 Å². The number of hydrogen-bond acceptors (Lipinski definition) is 6. The molecule has 1 saturated carbocycles. The molecule has 0 spiro atoms. The number of nitrogens with two attached hydrogens (primary N) is 1. The van der Waals surface area contributed by atoms with Gasteiger partial charge in [-0.05, 0) is 24.4 Å². The minimum atomic E-state index is -3.57. The van der Waals surface area contributed by atoms with Crippen LogP contribution >= 0.6 is 11.5 Å². The lowest BCUT2D eigenvalue weighted by Gasteiger charge is -2.22.